The van der Waals surface area contributed by atoms with Gasteiger partial charge < -0.3 is 10.6 Å². The summed E-state index contributed by atoms with van der Waals surface area (Å²) in [6.45, 7) is 8.50. The van der Waals surface area contributed by atoms with E-state index in [4.69, 9.17) is 17.3 Å². The van der Waals surface area contributed by atoms with E-state index in [9.17, 15) is 4.39 Å². The number of nitrogen functional groups attached to an aromatic ring is 1. The summed E-state index contributed by atoms with van der Waals surface area (Å²) in [4.78, 5) is 1.98. The lowest BCUT2D eigenvalue weighted by Crippen LogP contribution is -2.39. The Morgan fingerprint density at radius 3 is 2.35 bits per heavy atom. The van der Waals surface area contributed by atoms with Gasteiger partial charge in [0, 0.05) is 19.2 Å². The first-order chi connectivity index (χ1) is 7.64. The number of anilines is 2. The topological polar surface area (TPSA) is 29.3 Å². The Hall–Kier alpha value is -0.960. The van der Waals surface area contributed by atoms with Crippen LogP contribution in [0.2, 0.25) is 5.02 Å². The molecule has 0 radical (unpaired) electrons. The summed E-state index contributed by atoms with van der Waals surface area (Å²) in [5.41, 5.74) is 7.13. The second-order valence-corrected chi connectivity index (χ2v) is 5.89. The minimum atomic E-state index is -0.441. The molecule has 0 aliphatic heterocycles. The molecule has 0 saturated heterocycles. The molecule has 0 saturated carbocycles. The molecule has 4 heteroatoms. The van der Waals surface area contributed by atoms with E-state index in [1.807, 2.05) is 11.9 Å². The number of benzene rings is 1. The van der Waals surface area contributed by atoms with E-state index >= 15 is 0 Å². The first-order valence-corrected chi connectivity index (χ1v) is 5.99. The molecule has 17 heavy (non-hydrogen) atoms. The van der Waals surface area contributed by atoms with Crippen molar-refractivity contribution >= 4 is 23.0 Å². The molecule has 0 aliphatic rings. The van der Waals surface area contributed by atoms with Crippen molar-refractivity contribution in [2.24, 2.45) is 5.41 Å². The van der Waals surface area contributed by atoms with E-state index in [1.165, 1.54) is 12.1 Å². The average molecular weight is 259 g/mol. The van der Waals surface area contributed by atoms with Crippen LogP contribution in [0.4, 0.5) is 15.8 Å². The molecule has 0 amide bonds. The monoisotopic (exact) mass is 258 g/mol. The Labute approximate surface area is 108 Å². The standard InChI is InChI=1S/C13H20ClFN2/c1-8(13(2,3)4)17(5)12-7-10(15)9(14)6-11(12)16/h6-8H,16H2,1-5H3. The van der Waals surface area contributed by atoms with Crippen LogP contribution in [0.5, 0.6) is 0 Å². The lowest BCUT2D eigenvalue weighted by atomic mass is 9.87. The molecule has 2 nitrogen and oxygen atoms in total. The summed E-state index contributed by atoms with van der Waals surface area (Å²) >= 11 is 5.69. The molecule has 96 valence electrons. The number of hydrogen-bond acceptors (Lipinski definition) is 2. The second-order valence-electron chi connectivity index (χ2n) is 5.48. The summed E-state index contributed by atoms with van der Waals surface area (Å²) in [5, 5.41) is 0.0584. The van der Waals surface area contributed by atoms with Gasteiger partial charge in [0.1, 0.15) is 5.82 Å². The van der Waals surface area contributed by atoms with Crippen molar-refractivity contribution in [3.8, 4) is 0 Å². The summed E-state index contributed by atoms with van der Waals surface area (Å²) in [6, 6.07) is 3.07. The molecule has 0 aliphatic carbocycles. The fourth-order valence-electron chi connectivity index (χ4n) is 1.65. The highest BCUT2D eigenvalue weighted by Crippen LogP contribution is 2.33. The van der Waals surface area contributed by atoms with Crippen molar-refractivity contribution in [3.05, 3.63) is 23.0 Å². The molecule has 0 spiro atoms. The van der Waals surface area contributed by atoms with Crippen molar-refractivity contribution in [3.63, 3.8) is 0 Å². The number of rotatable bonds is 2. The molecular weight excluding hydrogens is 239 g/mol. The number of nitrogens with zero attached hydrogens (tertiary/aromatic N) is 1. The zero-order valence-corrected chi connectivity index (χ0v) is 11.8. The zero-order chi connectivity index (χ0) is 13.4. The Bertz CT molecular complexity index is 413. The SMILES string of the molecule is CC(N(C)c1cc(F)c(Cl)cc1N)C(C)(C)C. The number of nitrogens with two attached hydrogens (primary N) is 1. The van der Waals surface area contributed by atoms with Crippen molar-refractivity contribution in [2.45, 2.75) is 33.7 Å². The molecule has 0 fully saturated rings. The van der Waals surface area contributed by atoms with Crippen LogP contribution < -0.4 is 10.6 Å². The van der Waals surface area contributed by atoms with E-state index in [2.05, 4.69) is 27.7 Å². The molecular formula is C13H20ClFN2. The van der Waals surface area contributed by atoms with Gasteiger partial charge in [0.05, 0.1) is 16.4 Å². The Morgan fingerprint density at radius 1 is 1.35 bits per heavy atom. The van der Waals surface area contributed by atoms with E-state index in [0.29, 0.717) is 11.4 Å². The first kappa shape index (κ1) is 14.1. The summed E-state index contributed by atoms with van der Waals surface area (Å²) in [6.07, 6.45) is 0. The quantitative estimate of drug-likeness (QED) is 0.815. The van der Waals surface area contributed by atoms with Crippen molar-refractivity contribution in [1.82, 2.24) is 0 Å². The van der Waals surface area contributed by atoms with E-state index in [1.54, 1.807) is 0 Å². The third-order valence-electron chi connectivity index (χ3n) is 3.28. The Kier molecular flexibility index (Phi) is 3.92. The molecule has 0 aromatic heterocycles. The van der Waals surface area contributed by atoms with Crippen LogP contribution in [0.3, 0.4) is 0 Å². The maximum Gasteiger partial charge on any atom is 0.144 e. The van der Waals surface area contributed by atoms with Crippen LogP contribution in [0.1, 0.15) is 27.7 Å². The van der Waals surface area contributed by atoms with Gasteiger partial charge in [0.15, 0.2) is 0 Å². The van der Waals surface area contributed by atoms with E-state index < -0.39 is 5.82 Å². The summed E-state index contributed by atoms with van der Waals surface area (Å²) < 4.78 is 13.5. The molecule has 0 bridgehead atoms. The number of halogens is 2. The van der Waals surface area contributed by atoms with E-state index in [-0.39, 0.29) is 16.5 Å². The maximum absolute atomic E-state index is 13.5. The largest absolute Gasteiger partial charge is 0.397 e. The molecule has 1 rings (SSSR count). The fourth-order valence-corrected chi connectivity index (χ4v) is 1.82. The second kappa shape index (κ2) is 4.73. The van der Waals surface area contributed by atoms with Gasteiger partial charge >= 0.3 is 0 Å². The van der Waals surface area contributed by atoms with Gasteiger partial charge in [0.2, 0.25) is 0 Å². The zero-order valence-electron chi connectivity index (χ0n) is 11.0. The van der Waals surface area contributed by atoms with Gasteiger partial charge in [-0.05, 0) is 18.4 Å². The van der Waals surface area contributed by atoms with Crippen LogP contribution >= 0.6 is 11.6 Å². The molecule has 0 heterocycles. The van der Waals surface area contributed by atoms with Crippen molar-refractivity contribution in [1.29, 1.82) is 0 Å². The molecule has 1 unspecified atom stereocenters. The molecule has 2 N–H and O–H groups in total. The molecule has 1 aromatic carbocycles. The fraction of sp³-hybridized carbons (Fsp3) is 0.538. The van der Waals surface area contributed by atoms with Crippen LogP contribution in [0.15, 0.2) is 12.1 Å². The van der Waals surface area contributed by atoms with Crippen LogP contribution in [0.25, 0.3) is 0 Å². The molecule has 1 aromatic rings. The highest BCUT2D eigenvalue weighted by atomic mass is 35.5. The number of hydrogen-bond donors (Lipinski definition) is 1. The maximum atomic E-state index is 13.5. The summed E-state index contributed by atoms with van der Waals surface area (Å²) in [5.74, 6) is -0.441. The first-order valence-electron chi connectivity index (χ1n) is 5.62. The molecule has 1 atom stereocenters. The van der Waals surface area contributed by atoms with Crippen molar-refractivity contribution in [2.75, 3.05) is 17.7 Å². The van der Waals surface area contributed by atoms with Gasteiger partial charge in [-0.25, -0.2) is 4.39 Å². The van der Waals surface area contributed by atoms with Crippen molar-refractivity contribution < 1.29 is 4.39 Å². The van der Waals surface area contributed by atoms with Crippen LogP contribution in [-0.4, -0.2) is 13.1 Å². The van der Waals surface area contributed by atoms with Gasteiger partial charge in [-0.3, -0.25) is 0 Å². The van der Waals surface area contributed by atoms with Gasteiger partial charge in [0.25, 0.3) is 0 Å². The highest BCUT2D eigenvalue weighted by Gasteiger charge is 2.25. The van der Waals surface area contributed by atoms with Crippen LogP contribution in [-0.2, 0) is 0 Å². The summed E-state index contributed by atoms with van der Waals surface area (Å²) in [7, 11) is 1.91. The highest BCUT2D eigenvalue weighted by molar-refractivity contribution is 6.31. The Balaban J connectivity index is 3.13. The predicted molar refractivity (Wildman–Crippen MR) is 73.1 cm³/mol. The smallest absolute Gasteiger partial charge is 0.144 e. The van der Waals surface area contributed by atoms with Gasteiger partial charge in [-0.15, -0.1) is 0 Å². The van der Waals surface area contributed by atoms with E-state index in [0.717, 1.165) is 0 Å². The lowest BCUT2D eigenvalue weighted by molar-refractivity contribution is 0.330. The predicted octanol–water partition coefficient (Wildman–Crippen LogP) is 3.93. The lowest BCUT2D eigenvalue weighted by Gasteiger charge is -2.37. The minimum Gasteiger partial charge on any atom is -0.397 e. The minimum absolute atomic E-state index is 0.0584. The van der Waals surface area contributed by atoms with Crippen LogP contribution in [0, 0.1) is 11.2 Å². The third-order valence-corrected chi connectivity index (χ3v) is 3.57. The third kappa shape index (κ3) is 3.03. The van der Waals surface area contributed by atoms with Gasteiger partial charge in [-0.2, -0.15) is 0 Å². The van der Waals surface area contributed by atoms with Gasteiger partial charge in [-0.1, -0.05) is 32.4 Å². The normalized spacial score (nSPS) is 13.6. The average Bonchev–Trinajstić information content (AvgIpc) is 2.20. The Morgan fingerprint density at radius 2 is 1.88 bits per heavy atom.